The average Bonchev–Trinajstić information content (AvgIpc) is 2.91. The maximum absolute atomic E-state index is 6.08. The van der Waals surface area contributed by atoms with Crippen molar-refractivity contribution in [3.63, 3.8) is 0 Å². The van der Waals surface area contributed by atoms with Crippen LogP contribution in [-0.2, 0) is 4.74 Å². The van der Waals surface area contributed by atoms with E-state index in [2.05, 4.69) is 19.2 Å². The van der Waals surface area contributed by atoms with Gasteiger partial charge >= 0.3 is 0 Å². The van der Waals surface area contributed by atoms with Crippen LogP contribution in [0.4, 0.5) is 0 Å². The number of methoxy groups -OCH3 is 1. The van der Waals surface area contributed by atoms with Gasteiger partial charge in [-0.1, -0.05) is 39.5 Å². The van der Waals surface area contributed by atoms with E-state index in [9.17, 15) is 0 Å². The summed E-state index contributed by atoms with van der Waals surface area (Å²) in [4.78, 5) is 0. The minimum absolute atomic E-state index is 0.139. The summed E-state index contributed by atoms with van der Waals surface area (Å²) >= 11 is 0. The van der Waals surface area contributed by atoms with Crippen LogP contribution in [-0.4, -0.2) is 25.3 Å². The topological polar surface area (TPSA) is 21.3 Å². The van der Waals surface area contributed by atoms with Crippen LogP contribution in [0.25, 0.3) is 0 Å². The van der Waals surface area contributed by atoms with Crippen molar-refractivity contribution in [2.45, 2.75) is 83.3 Å². The van der Waals surface area contributed by atoms with Crippen LogP contribution in [0.3, 0.4) is 0 Å². The van der Waals surface area contributed by atoms with Gasteiger partial charge in [0.25, 0.3) is 0 Å². The normalized spacial score (nSPS) is 32.4. The molecule has 2 fully saturated rings. The van der Waals surface area contributed by atoms with Gasteiger partial charge in [-0.3, -0.25) is 0 Å². The molecule has 2 nitrogen and oxygen atoms in total. The van der Waals surface area contributed by atoms with Gasteiger partial charge in [0.05, 0.1) is 5.60 Å². The van der Waals surface area contributed by atoms with Crippen molar-refractivity contribution in [1.29, 1.82) is 0 Å². The maximum atomic E-state index is 6.08. The molecule has 2 heteroatoms. The first-order valence-electron chi connectivity index (χ1n) is 8.50. The third-order valence-electron chi connectivity index (χ3n) is 5.57. The van der Waals surface area contributed by atoms with E-state index in [1.807, 2.05) is 7.11 Å². The monoisotopic (exact) mass is 267 g/mol. The molecule has 2 saturated carbocycles. The Labute approximate surface area is 119 Å². The van der Waals surface area contributed by atoms with Crippen LogP contribution in [0.1, 0.15) is 71.6 Å². The smallest absolute Gasteiger partial charge is 0.0833 e. The van der Waals surface area contributed by atoms with Gasteiger partial charge in [0.2, 0.25) is 0 Å². The molecule has 1 unspecified atom stereocenters. The molecule has 0 radical (unpaired) electrons. The summed E-state index contributed by atoms with van der Waals surface area (Å²) in [7, 11) is 1.94. The Morgan fingerprint density at radius 1 is 1.16 bits per heavy atom. The van der Waals surface area contributed by atoms with Crippen molar-refractivity contribution in [2.24, 2.45) is 11.8 Å². The van der Waals surface area contributed by atoms with E-state index in [0.29, 0.717) is 6.04 Å². The molecule has 0 bridgehead atoms. The Morgan fingerprint density at radius 3 is 2.32 bits per heavy atom. The first kappa shape index (κ1) is 15.3. The van der Waals surface area contributed by atoms with Gasteiger partial charge in [-0.25, -0.2) is 0 Å². The van der Waals surface area contributed by atoms with E-state index >= 15 is 0 Å². The molecule has 0 saturated heterocycles. The highest BCUT2D eigenvalue weighted by atomic mass is 16.5. The highest BCUT2D eigenvalue weighted by Crippen LogP contribution is 2.42. The standard InChI is InChI=1S/C17H33NO/c1-4-13-18-16(15-9-7-14(2)8-10-15)17(19-3)11-5-6-12-17/h14-16,18H,4-13H2,1-3H3. The number of nitrogens with one attached hydrogen (secondary N) is 1. The van der Waals surface area contributed by atoms with Gasteiger partial charge < -0.3 is 10.1 Å². The predicted octanol–water partition coefficient (Wildman–Crippen LogP) is 4.14. The molecule has 0 aromatic heterocycles. The lowest BCUT2D eigenvalue weighted by Gasteiger charge is -2.44. The zero-order valence-corrected chi connectivity index (χ0v) is 13.2. The van der Waals surface area contributed by atoms with Gasteiger partial charge in [0.15, 0.2) is 0 Å². The van der Waals surface area contributed by atoms with Crippen molar-refractivity contribution in [3.05, 3.63) is 0 Å². The van der Waals surface area contributed by atoms with Crippen LogP contribution in [0.15, 0.2) is 0 Å². The largest absolute Gasteiger partial charge is 0.377 e. The Hall–Kier alpha value is -0.0800. The van der Waals surface area contributed by atoms with Crippen molar-refractivity contribution in [2.75, 3.05) is 13.7 Å². The van der Waals surface area contributed by atoms with E-state index < -0.39 is 0 Å². The van der Waals surface area contributed by atoms with E-state index in [4.69, 9.17) is 4.74 Å². The molecule has 0 spiro atoms. The summed E-state index contributed by atoms with van der Waals surface area (Å²) in [6.45, 7) is 5.81. The number of hydrogen-bond acceptors (Lipinski definition) is 2. The molecule has 0 aromatic carbocycles. The summed E-state index contributed by atoms with van der Waals surface area (Å²) in [5, 5.41) is 3.86. The van der Waals surface area contributed by atoms with Gasteiger partial charge in [0.1, 0.15) is 0 Å². The number of rotatable bonds is 6. The van der Waals surface area contributed by atoms with Gasteiger partial charge in [-0.05, 0) is 50.5 Å². The highest BCUT2D eigenvalue weighted by Gasteiger charge is 2.45. The summed E-state index contributed by atoms with van der Waals surface area (Å²) in [6, 6.07) is 0.590. The third-order valence-corrected chi connectivity index (χ3v) is 5.57. The zero-order chi connectivity index (χ0) is 13.7. The van der Waals surface area contributed by atoms with Gasteiger partial charge in [-0.15, -0.1) is 0 Å². The maximum Gasteiger partial charge on any atom is 0.0833 e. The lowest BCUT2D eigenvalue weighted by molar-refractivity contribution is -0.0576. The van der Waals surface area contributed by atoms with Crippen LogP contribution in [0.2, 0.25) is 0 Å². The Bertz CT molecular complexity index is 252. The number of ether oxygens (including phenoxy) is 1. The van der Waals surface area contributed by atoms with Crippen molar-refractivity contribution < 1.29 is 4.74 Å². The molecule has 1 N–H and O–H groups in total. The molecular weight excluding hydrogens is 234 g/mol. The zero-order valence-electron chi connectivity index (χ0n) is 13.2. The van der Waals surface area contributed by atoms with E-state index in [-0.39, 0.29) is 5.60 Å². The second-order valence-electron chi connectivity index (χ2n) is 6.93. The van der Waals surface area contributed by atoms with Crippen molar-refractivity contribution >= 4 is 0 Å². The fourth-order valence-electron chi connectivity index (χ4n) is 4.32. The van der Waals surface area contributed by atoms with Gasteiger partial charge in [0, 0.05) is 13.2 Å². The quantitative estimate of drug-likeness (QED) is 0.781. The fourth-order valence-corrected chi connectivity index (χ4v) is 4.32. The average molecular weight is 267 g/mol. The van der Waals surface area contributed by atoms with Crippen LogP contribution in [0.5, 0.6) is 0 Å². The summed E-state index contributed by atoms with van der Waals surface area (Å²) in [6.07, 6.45) is 12.1. The Kier molecular flexibility index (Phi) is 5.70. The molecule has 2 aliphatic carbocycles. The van der Waals surface area contributed by atoms with Crippen LogP contribution in [0, 0.1) is 11.8 Å². The molecule has 0 aromatic rings. The fraction of sp³-hybridized carbons (Fsp3) is 1.00. The molecule has 0 heterocycles. The second kappa shape index (κ2) is 7.08. The van der Waals surface area contributed by atoms with Crippen LogP contribution < -0.4 is 5.32 Å². The Morgan fingerprint density at radius 2 is 1.79 bits per heavy atom. The first-order valence-corrected chi connectivity index (χ1v) is 8.50. The lowest BCUT2D eigenvalue weighted by atomic mass is 9.73. The summed E-state index contributed by atoms with van der Waals surface area (Å²) < 4.78 is 6.08. The van der Waals surface area contributed by atoms with Crippen molar-refractivity contribution in [3.8, 4) is 0 Å². The molecule has 112 valence electrons. The molecule has 2 aliphatic rings. The second-order valence-corrected chi connectivity index (χ2v) is 6.93. The van der Waals surface area contributed by atoms with Crippen LogP contribution >= 0.6 is 0 Å². The van der Waals surface area contributed by atoms with E-state index in [0.717, 1.165) is 18.4 Å². The SMILES string of the molecule is CCCNC(C1CCC(C)CC1)C1(OC)CCCC1. The predicted molar refractivity (Wildman–Crippen MR) is 81.4 cm³/mol. The Balaban J connectivity index is 2.05. The minimum Gasteiger partial charge on any atom is -0.377 e. The summed E-state index contributed by atoms with van der Waals surface area (Å²) in [5.41, 5.74) is 0.139. The number of hydrogen-bond donors (Lipinski definition) is 1. The molecular formula is C17H33NO. The van der Waals surface area contributed by atoms with Crippen molar-refractivity contribution in [1.82, 2.24) is 5.32 Å². The van der Waals surface area contributed by atoms with Gasteiger partial charge in [-0.2, -0.15) is 0 Å². The van der Waals surface area contributed by atoms with E-state index in [1.165, 1.54) is 57.8 Å². The molecule has 2 rings (SSSR count). The third kappa shape index (κ3) is 3.52. The lowest BCUT2D eigenvalue weighted by Crippen LogP contribution is -2.55. The van der Waals surface area contributed by atoms with E-state index in [1.54, 1.807) is 0 Å². The minimum atomic E-state index is 0.139. The molecule has 19 heavy (non-hydrogen) atoms. The highest BCUT2D eigenvalue weighted by molar-refractivity contribution is 5.00. The molecule has 0 aliphatic heterocycles. The molecule has 0 amide bonds. The summed E-state index contributed by atoms with van der Waals surface area (Å²) in [5.74, 6) is 1.77. The molecule has 1 atom stereocenters. The first-order chi connectivity index (χ1) is 9.22.